The number of ether oxygens (including phenoxy) is 1. The number of anilines is 1. The van der Waals surface area contributed by atoms with E-state index >= 15 is 0 Å². The number of nitrogens with one attached hydrogen (secondary N) is 1. The van der Waals surface area contributed by atoms with Crippen molar-refractivity contribution in [3.05, 3.63) is 72.6 Å². The quantitative estimate of drug-likeness (QED) is 0.423. The van der Waals surface area contributed by atoms with Crippen molar-refractivity contribution in [2.24, 2.45) is 0 Å². The number of fused-ring (bicyclic) bond motifs is 1. The molecule has 0 bridgehead atoms. The lowest BCUT2D eigenvalue weighted by Gasteiger charge is -2.34. The summed E-state index contributed by atoms with van der Waals surface area (Å²) in [5.41, 5.74) is 7.13. The predicted molar refractivity (Wildman–Crippen MR) is 146 cm³/mol. The van der Waals surface area contributed by atoms with E-state index in [1.165, 1.54) is 5.69 Å². The Morgan fingerprint density at radius 2 is 1.69 bits per heavy atom. The standard InChI is InChI=1S/C29H33N5O2/c1-32-12-14-34(15-13-32)25-10-8-21(9-11-25)24-18-26-27(20-31-28(26)30-19-24)22-4-6-23(7-5-22)29(35)33(2)16-17-36-3/h4-11,18-20H,12-17H2,1-3H3,(H,30,31). The summed E-state index contributed by atoms with van der Waals surface area (Å²) < 4.78 is 5.08. The van der Waals surface area contributed by atoms with Crippen molar-refractivity contribution in [1.29, 1.82) is 0 Å². The molecule has 0 unspecified atom stereocenters. The maximum Gasteiger partial charge on any atom is 0.253 e. The van der Waals surface area contributed by atoms with Crippen molar-refractivity contribution in [3.63, 3.8) is 0 Å². The Balaban J connectivity index is 1.36. The minimum Gasteiger partial charge on any atom is -0.383 e. The van der Waals surface area contributed by atoms with Gasteiger partial charge in [0.15, 0.2) is 0 Å². The van der Waals surface area contributed by atoms with Gasteiger partial charge in [-0.1, -0.05) is 24.3 Å². The van der Waals surface area contributed by atoms with E-state index in [4.69, 9.17) is 4.74 Å². The normalized spacial score (nSPS) is 14.4. The molecule has 0 aliphatic carbocycles. The zero-order valence-corrected chi connectivity index (χ0v) is 21.2. The highest BCUT2D eigenvalue weighted by Gasteiger charge is 2.15. The van der Waals surface area contributed by atoms with Crippen LogP contribution in [0.25, 0.3) is 33.3 Å². The maximum atomic E-state index is 12.7. The van der Waals surface area contributed by atoms with Gasteiger partial charge in [-0.15, -0.1) is 0 Å². The number of carbonyl (C=O) groups is 1. The molecule has 1 N–H and O–H groups in total. The fourth-order valence-corrected chi connectivity index (χ4v) is 4.67. The van der Waals surface area contributed by atoms with Gasteiger partial charge in [-0.2, -0.15) is 0 Å². The van der Waals surface area contributed by atoms with Gasteiger partial charge in [-0.3, -0.25) is 4.79 Å². The highest BCUT2D eigenvalue weighted by molar-refractivity contribution is 5.98. The molecule has 7 heteroatoms. The molecular weight excluding hydrogens is 450 g/mol. The van der Waals surface area contributed by atoms with Crippen molar-refractivity contribution in [1.82, 2.24) is 19.8 Å². The van der Waals surface area contributed by atoms with Gasteiger partial charge in [0, 0.05) is 87.0 Å². The topological polar surface area (TPSA) is 64.7 Å². The minimum atomic E-state index is -0.0125. The molecule has 1 aliphatic heterocycles. The fourth-order valence-electron chi connectivity index (χ4n) is 4.67. The van der Waals surface area contributed by atoms with E-state index in [-0.39, 0.29) is 5.91 Å². The Morgan fingerprint density at radius 1 is 1.00 bits per heavy atom. The number of H-pyrrole nitrogens is 1. The van der Waals surface area contributed by atoms with Crippen molar-refractivity contribution < 1.29 is 9.53 Å². The smallest absolute Gasteiger partial charge is 0.253 e. The first-order chi connectivity index (χ1) is 17.5. The third-order valence-corrected chi connectivity index (χ3v) is 7.02. The average molecular weight is 484 g/mol. The molecule has 1 saturated heterocycles. The van der Waals surface area contributed by atoms with E-state index < -0.39 is 0 Å². The molecule has 186 valence electrons. The van der Waals surface area contributed by atoms with Crippen LogP contribution in [0.2, 0.25) is 0 Å². The van der Waals surface area contributed by atoms with Gasteiger partial charge in [0.1, 0.15) is 5.65 Å². The number of amides is 1. The van der Waals surface area contributed by atoms with Crippen LogP contribution in [0, 0.1) is 0 Å². The number of pyridine rings is 1. The number of rotatable bonds is 7. The number of benzene rings is 2. The molecule has 5 rings (SSSR count). The van der Waals surface area contributed by atoms with Crippen LogP contribution in [-0.2, 0) is 4.74 Å². The number of piperazine rings is 1. The number of methoxy groups -OCH3 is 1. The highest BCUT2D eigenvalue weighted by Crippen LogP contribution is 2.32. The fraction of sp³-hybridized carbons (Fsp3) is 0.310. The number of hydrogen-bond acceptors (Lipinski definition) is 5. The number of likely N-dealkylation sites (N-methyl/N-ethyl adjacent to an activating group) is 2. The Morgan fingerprint density at radius 3 is 2.39 bits per heavy atom. The van der Waals surface area contributed by atoms with Crippen molar-refractivity contribution in [2.45, 2.75) is 0 Å². The molecule has 36 heavy (non-hydrogen) atoms. The van der Waals surface area contributed by atoms with Gasteiger partial charge in [0.05, 0.1) is 6.61 Å². The zero-order chi connectivity index (χ0) is 25.1. The molecular formula is C29H33N5O2. The SMILES string of the molecule is COCCN(C)C(=O)c1ccc(-c2c[nH]c3ncc(-c4ccc(N5CCN(C)CC5)cc4)cc23)cc1. The van der Waals surface area contributed by atoms with Crippen molar-refractivity contribution in [3.8, 4) is 22.3 Å². The second kappa shape index (κ2) is 10.5. The third kappa shape index (κ3) is 4.98. The van der Waals surface area contributed by atoms with Gasteiger partial charge >= 0.3 is 0 Å². The molecule has 4 aromatic rings. The Hall–Kier alpha value is -3.68. The molecule has 0 radical (unpaired) electrons. The summed E-state index contributed by atoms with van der Waals surface area (Å²) in [5.74, 6) is -0.0125. The van der Waals surface area contributed by atoms with Gasteiger partial charge < -0.3 is 24.4 Å². The predicted octanol–water partition coefficient (Wildman–Crippen LogP) is 4.37. The van der Waals surface area contributed by atoms with Gasteiger partial charge in [-0.05, 0) is 48.5 Å². The summed E-state index contributed by atoms with van der Waals surface area (Å²) in [7, 11) is 5.60. The van der Waals surface area contributed by atoms with E-state index in [1.54, 1.807) is 19.1 Å². The lowest BCUT2D eigenvalue weighted by atomic mass is 10.0. The molecule has 0 spiro atoms. The van der Waals surface area contributed by atoms with Crippen LogP contribution in [0.5, 0.6) is 0 Å². The lowest BCUT2D eigenvalue weighted by molar-refractivity contribution is 0.0744. The molecule has 0 atom stereocenters. The molecule has 1 amide bonds. The first-order valence-corrected chi connectivity index (χ1v) is 12.4. The van der Waals surface area contributed by atoms with E-state index in [0.717, 1.165) is 59.5 Å². The summed E-state index contributed by atoms with van der Waals surface area (Å²) in [5, 5.41) is 1.06. The molecule has 2 aromatic carbocycles. The number of aromatic amines is 1. The van der Waals surface area contributed by atoms with Gasteiger partial charge in [0.2, 0.25) is 0 Å². The third-order valence-electron chi connectivity index (χ3n) is 7.02. The number of carbonyl (C=O) groups excluding carboxylic acids is 1. The zero-order valence-electron chi connectivity index (χ0n) is 21.2. The van der Waals surface area contributed by atoms with Crippen molar-refractivity contribution >= 4 is 22.6 Å². The van der Waals surface area contributed by atoms with Crippen LogP contribution in [0.3, 0.4) is 0 Å². The van der Waals surface area contributed by atoms with E-state index in [0.29, 0.717) is 18.7 Å². The Kier molecular flexibility index (Phi) is 7.02. The van der Waals surface area contributed by atoms with Crippen LogP contribution < -0.4 is 4.90 Å². The molecule has 7 nitrogen and oxygen atoms in total. The largest absolute Gasteiger partial charge is 0.383 e. The van der Waals surface area contributed by atoms with E-state index in [1.807, 2.05) is 36.7 Å². The van der Waals surface area contributed by atoms with E-state index in [2.05, 4.69) is 57.1 Å². The summed E-state index contributed by atoms with van der Waals surface area (Å²) in [4.78, 5) is 27.1. The van der Waals surface area contributed by atoms with Gasteiger partial charge in [-0.25, -0.2) is 4.98 Å². The number of nitrogens with zero attached hydrogens (tertiary/aromatic N) is 4. The summed E-state index contributed by atoms with van der Waals surface area (Å²) in [6.45, 7) is 5.39. The van der Waals surface area contributed by atoms with Gasteiger partial charge in [0.25, 0.3) is 5.91 Å². The maximum absolute atomic E-state index is 12.7. The van der Waals surface area contributed by atoms with Crippen LogP contribution in [0.1, 0.15) is 10.4 Å². The van der Waals surface area contributed by atoms with Crippen LogP contribution >= 0.6 is 0 Å². The molecule has 3 heterocycles. The lowest BCUT2D eigenvalue weighted by Crippen LogP contribution is -2.44. The molecule has 1 aliphatic rings. The number of hydrogen-bond donors (Lipinski definition) is 1. The molecule has 1 fully saturated rings. The summed E-state index contributed by atoms with van der Waals surface area (Å²) in [6.07, 6.45) is 3.91. The van der Waals surface area contributed by atoms with Crippen LogP contribution in [0.4, 0.5) is 5.69 Å². The van der Waals surface area contributed by atoms with Crippen LogP contribution in [0.15, 0.2) is 67.0 Å². The second-order valence-corrected chi connectivity index (χ2v) is 9.46. The van der Waals surface area contributed by atoms with Crippen LogP contribution in [-0.4, -0.2) is 86.2 Å². The monoisotopic (exact) mass is 483 g/mol. The average Bonchev–Trinajstić information content (AvgIpc) is 3.35. The first kappa shape index (κ1) is 24.0. The highest BCUT2D eigenvalue weighted by atomic mass is 16.5. The Labute approximate surface area is 212 Å². The van der Waals surface area contributed by atoms with E-state index in [9.17, 15) is 4.79 Å². The second-order valence-electron chi connectivity index (χ2n) is 9.46. The molecule has 2 aromatic heterocycles. The minimum absolute atomic E-state index is 0.0125. The summed E-state index contributed by atoms with van der Waals surface area (Å²) >= 11 is 0. The van der Waals surface area contributed by atoms with Crippen molar-refractivity contribution in [2.75, 3.05) is 65.4 Å². The summed E-state index contributed by atoms with van der Waals surface area (Å²) in [6, 6.07) is 18.7. The Bertz CT molecular complexity index is 1320. The molecule has 0 saturated carbocycles. The number of aromatic nitrogens is 2. The first-order valence-electron chi connectivity index (χ1n) is 12.4.